The van der Waals surface area contributed by atoms with Crippen LogP contribution >= 0.6 is 0 Å². The Balaban J connectivity index is 1.48. The van der Waals surface area contributed by atoms with Crippen molar-refractivity contribution in [3.8, 4) is 5.69 Å². The summed E-state index contributed by atoms with van der Waals surface area (Å²) in [6.07, 6.45) is 0.820. The number of hydrogen-bond acceptors (Lipinski definition) is 6. The van der Waals surface area contributed by atoms with Gasteiger partial charge in [-0.3, -0.25) is 4.57 Å². The van der Waals surface area contributed by atoms with Crippen molar-refractivity contribution in [2.24, 2.45) is 0 Å². The third-order valence-electron chi connectivity index (χ3n) is 3.81. The monoisotopic (exact) mass is 335 g/mol. The van der Waals surface area contributed by atoms with Crippen LogP contribution in [0.15, 0.2) is 65.4 Å². The Bertz CT molecular complexity index is 990. The number of rotatable bonds is 5. The molecule has 1 unspecified atom stereocenters. The number of benzene rings is 2. The Morgan fingerprint density at radius 2 is 1.88 bits per heavy atom. The molecule has 2 aromatic heterocycles. The van der Waals surface area contributed by atoms with Crippen LogP contribution in [-0.4, -0.2) is 26.2 Å². The lowest BCUT2D eigenvalue weighted by molar-refractivity contribution is 0.231. The number of hydrogen-bond donors (Lipinski definition) is 3. The number of para-hydroxylation sites is 2. The van der Waals surface area contributed by atoms with Crippen molar-refractivity contribution < 1.29 is 9.63 Å². The highest BCUT2D eigenvalue weighted by atomic mass is 16.5. The minimum atomic E-state index is -0.982. The normalized spacial score (nSPS) is 12.2. The summed E-state index contributed by atoms with van der Waals surface area (Å²) in [5.74, 6) is 1.14. The first-order valence-corrected chi connectivity index (χ1v) is 7.86. The number of anilines is 2. The number of aliphatic hydroxyl groups is 1. The molecule has 2 heterocycles. The molecule has 0 bridgehead atoms. The molecular formula is C18H17N5O2. The predicted octanol–water partition coefficient (Wildman–Crippen LogP) is 3.12. The van der Waals surface area contributed by atoms with Gasteiger partial charge in [-0.2, -0.15) is 0 Å². The van der Waals surface area contributed by atoms with Gasteiger partial charge in [0.1, 0.15) is 12.1 Å². The van der Waals surface area contributed by atoms with Crippen LogP contribution in [0, 0.1) is 6.92 Å². The Labute approximate surface area is 143 Å². The van der Waals surface area contributed by atoms with E-state index >= 15 is 0 Å². The van der Waals surface area contributed by atoms with E-state index in [0.717, 1.165) is 22.4 Å². The van der Waals surface area contributed by atoms with Crippen LogP contribution in [0.3, 0.4) is 0 Å². The number of fused-ring (bicyclic) bond motifs is 1. The fourth-order valence-electron chi connectivity index (χ4n) is 2.65. The second-order valence-corrected chi connectivity index (χ2v) is 5.66. The number of aryl methyl sites for hydroxylation is 1. The van der Waals surface area contributed by atoms with Gasteiger partial charge in [-0.25, -0.2) is 4.98 Å². The maximum atomic E-state index is 10.0. The Hall–Kier alpha value is -3.32. The summed E-state index contributed by atoms with van der Waals surface area (Å²) in [5.41, 5.74) is 3.76. The number of imidazole rings is 1. The average molecular weight is 335 g/mol. The van der Waals surface area contributed by atoms with Crippen molar-refractivity contribution in [3.63, 3.8) is 0 Å². The number of nitrogens with zero attached hydrogens (tertiary/aromatic N) is 3. The first-order chi connectivity index (χ1) is 12.2. The van der Waals surface area contributed by atoms with Gasteiger partial charge in [0.25, 0.3) is 0 Å². The molecule has 0 saturated carbocycles. The molecule has 0 radical (unpaired) electrons. The second-order valence-electron chi connectivity index (χ2n) is 5.66. The third-order valence-corrected chi connectivity index (χ3v) is 3.81. The zero-order chi connectivity index (χ0) is 17.2. The van der Waals surface area contributed by atoms with E-state index in [0.29, 0.717) is 11.6 Å². The molecule has 25 heavy (non-hydrogen) atoms. The summed E-state index contributed by atoms with van der Waals surface area (Å²) in [7, 11) is 0. The van der Waals surface area contributed by atoms with Crippen LogP contribution < -0.4 is 10.6 Å². The quantitative estimate of drug-likeness (QED) is 0.486. The highest BCUT2D eigenvalue weighted by molar-refractivity contribution is 5.77. The van der Waals surface area contributed by atoms with E-state index in [1.54, 1.807) is 19.3 Å². The summed E-state index contributed by atoms with van der Waals surface area (Å²) < 4.78 is 6.97. The Morgan fingerprint density at radius 1 is 1.08 bits per heavy atom. The number of aromatic nitrogens is 3. The fourth-order valence-corrected chi connectivity index (χ4v) is 2.65. The molecule has 7 heteroatoms. The lowest BCUT2D eigenvalue weighted by Gasteiger charge is -2.15. The molecule has 0 aliphatic heterocycles. The first-order valence-electron chi connectivity index (χ1n) is 7.86. The largest absolute Gasteiger partial charge is 0.360 e. The zero-order valence-corrected chi connectivity index (χ0v) is 13.5. The van der Waals surface area contributed by atoms with Gasteiger partial charge in [0.05, 0.1) is 11.0 Å². The van der Waals surface area contributed by atoms with Crippen molar-refractivity contribution in [1.29, 1.82) is 0 Å². The van der Waals surface area contributed by atoms with E-state index in [1.807, 2.05) is 53.1 Å². The van der Waals surface area contributed by atoms with Crippen molar-refractivity contribution in [1.82, 2.24) is 14.7 Å². The zero-order valence-electron chi connectivity index (χ0n) is 13.5. The molecule has 0 aliphatic carbocycles. The molecule has 126 valence electrons. The molecule has 0 fully saturated rings. The van der Waals surface area contributed by atoms with Gasteiger partial charge in [-0.05, 0) is 43.3 Å². The molecule has 1 atom stereocenters. The van der Waals surface area contributed by atoms with E-state index < -0.39 is 6.35 Å². The average Bonchev–Trinajstić information content (AvgIpc) is 3.22. The van der Waals surface area contributed by atoms with E-state index in [2.05, 4.69) is 20.8 Å². The SMILES string of the molecule is Cc1cc(NC(O)Nc2ccc(-n3cnc4ccccc43)cc2)no1. The topological polar surface area (TPSA) is 88.1 Å². The molecule has 0 saturated heterocycles. The molecule has 0 amide bonds. The van der Waals surface area contributed by atoms with Crippen LogP contribution in [0.4, 0.5) is 11.5 Å². The van der Waals surface area contributed by atoms with Crippen LogP contribution in [-0.2, 0) is 0 Å². The van der Waals surface area contributed by atoms with E-state index in [4.69, 9.17) is 4.52 Å². The maximum Gasteiger partial charge on any atom is 0.204 e. The van der Waals surface area contributed by atoms with Crippen molar-refractivity contribution in [2.75, 3.05) is 10.6 Å². The summed E-state index contributed by atoms with van der Waals surface area (Å²) in [6, 6.07) is 17.4. The maximum absolute atomic E-state index is 10.0. The molecule has 0 aliphatic rings. The lowest BCUT2D eigenvalue weighted by atomic mass is 10.2. The van der Waals surface area contributed by atoms with Crippen LogP contribution in [0.2, 0.25) is 0 Å². The summed E-state index contributed by atoms with van der Waals surface area (Å²) in [6.45, 7) is 1.79. The van der Waals surface area contributed by atoms with Gasteiger partial charge in [-0.1, -0.05) is 17.3 Å². The van der Waals surface area contributed by atoms with Crippen molar-refractivity contribution in [3.05, 3.63) is 66.7 Å². The van der Waals surface area contributed by atoms with Crippen LogP contribution in [0.25, 0.3) is 16.7 Å². The van der Waals surface area contributed by atoms with Gasteiger partial charge >= 0.3 is 0 Å². The highest BCUT2D eigenvalue weighted by Gasteiger charge is 2.08. The fraction of sp³-hybridized carbons (Fsp3) is 0.111. The molecule has 3 N–H and O–H groups in total. The first kappa shape index (κ1) is 15.2. The molecular weight excluding hydrogens is 318 g/mol. The van der Waals surface area contributed by atoms with Crippen molar-refractivity contribution in [2.45, 2.75) is 13.3 Å². The van der Waals surface area contributed by atoms with Gasteiger partial charge in [0.15, 0.2) is 5.82 Å². The third kappa shape index (κ3) is 3.17. The minimum Gasteiger partial charge on any atom is -0.360 e. The van der Waals surface area contributed by atoms with E-state index in [-0.39, 0.29) is 0 Å². The minimum absolute atomic E-state index is 0.471. The molecule has 0 spiro atoms. The molecule has 4 rings (SSSR count). The van der Waals surface area contributed by atoms with Crippen LogP contribution in [0.5, 0.6) is 0 Å². The van der Waals surface area contributed by atoms with Crippen molar-refractivity contribution >= 4 is 22.5 Å². The second kappa shape index (κ2) is 6.29. The smallest absolute Gasteiger partial charge is 0.204 e. The van der Waals surface area contributed by atoms with Gasteiger partial charge in [-0.15, -0.1) is 0 Å². The molecule has 4 aromatic rings. The standard InChI is InChI=1S/C18H17N5O2/c1-12-10-17(22-25-12)21-18(24)20-13-6-8-14(9-7-13)23-11-19-15-4-2-3-5-16(15)23/h2-11,18,20,24H,1H3,(H,21,22). The van der Waals surface area contributed by atoms with E-state index in [9.17, 15) is 5.11 Å². The molecule has 2 aromatic carbocycles. The lowest BCUT2D eigenvalue weighted by Crippen LogP contribution is -2.28. The summed E-state index contributed by atoms with van der Waals surface area (Å²) in [4.78, 5) is 4.40. The molecule has 7 nitrogen and oxygen atoms in total. The van der Waals surface area contributed by atoms with E-state index in [1.165, 1.54) is 0 Å². The predicted molar refractivity (Wildman–Crippen MR) is 95.6 cm³/mol. The van der Waals surface area contributed by atoms with Gasteiger partial charge in [0.2, 0.25) is 6.35 Å². The van der Waals surface area contributed by atoms with Gasteiger partial charge in [0, 0.05) is 17.4 Å². The Kier molecular flexibility index (Phi) is 3.83. The number of aliphatic hydroxyl groups excluding tert-OH is 1. The van der Waals surface area contributed by atoms with Crippen LogP contribution in [0.1, 0.15) is 5.76 Å². The number of nitrogens with one attached hydrogen (secondary N) is 2. The summed E-state index contributed by atoms with van der Waals surface area (Å²) >= 11 is 0. The summed E-state index contributed by atoms with van der Waals surface area (Å²) in [5, 5.41) is 19.6. The Morgan fingerprint density at radius 3 is 2.64 bits per heavy atom. The highest BCUT2D eigenvalue weighted by Crippen LogP contribution is 2.20. The van der Waals surface area contributed by atoms with Gasteiger partial charge < -0.3 is 20.3 Å².